The number of esters is 1. The van der Waals surface area contributed by atoms with Crippen molar-refractivity contribution in [3.63, 3.8) is 0 Å². The fraction of sp³-hybridized carbons (Fsp3) is 0.583. The average molecular weight is 212 g/mol. The van der Waals surface area contributed by atoms with Crippen molar-refractivity contribution in [3.05, 3.63) is 24.8 Å². The van der Waals surface area contributed by atoms with Gasteiger partial charge in [0.2, 0.25) is 0 Å². The zero-order valence-electron chi connectivity index (χ0n) is 9.75. The molecule has 0 aromatic carbocycles. The lowest BCUT2D eigenvalue weighted by Gasteiger charge is -2.26. The molecule has 0 aromatic heterocycles. The van der Waals surface area contributed by atoms with Crippen molar-refractivity contribution in [3.8, 4) is 0 Å². The van der Waals surface area contributed by atoms with Crippen LogP contribution in [-0.2, 0) is 9.53 Å². The van der Waals surface area contributed by atoms with E-state index in [2.05, 4.69) is 17.9 Å². The van der Waals surface area contributed by atoms with Gasteiger partial charge in [-0.15, -0.1) is 6.58 Å². The van der Waals surface area contributed by atoms with Crippen LogP contribution in [0.4, 0.5) is 0 Å². The summed E-state index contributed by atoms with van der Waals surface area (Å²) in [6, 6.07) is 0. The molecule has 0 radical (unpaired) electrons. The van der Waals surface area contributed by atoms with E-state index in [0.29, 0.717) is 6.42 Å². The predicted molar refractivity (Wildman–Crippen MR) is 60.4 cm³/mol. The molecule has 0 aliphatic rings. The quantitative estimate of drug-likeness (QED) is 0.416. The second kappa shape index (κ2) is 5.71. The number of carbonyl (C=O) groups is 1. The van der Waals surface area contributed by atoms with E-state index in [1.54, 1.807) is 6.08 Å². The molecule has 0 spiro atoms. The Hall–Kier alpha value is -1.09. The number of carbonyl (C=O) groups excluding carboxylic acids is 1. The zero-order chi connectivity index (χ0) is 12.1. The Morgan fingerprint density at radius 1 is 1.60 bits per heavy atom. The van der Waals surface area contributed by atoms with E-state index in [1.807, 2.05) is 13.8 Å². The summed E-state index contributed by atoms with van der Waals surface area (Å²) < 4.78 is 4.49. The van der Waals surface area contributed by atoms with Gasteiger partial charge in [0.15, 0.2) is 0 Å². The largest absolute Gasteiger partial charge is 0.466 e. The number of hydrogen-bond donors (Lipinski definition) is 1. The third-order valence-electron chi connectivity index (χ3n) is 2.29. The van der Waals surface area contributed by atoms with Gasteiger partial charge < -0.3 is 9.84 Å². The molecule has 0 amide bonds. The highest BCUT2D eigenvalue weighted by atomic mass is 16.5. The molecule has 3 heteroatoms. The van der Waals surface area contributed by atoms with E-state index in [4.69, 9.17) is 0 Å². The fourth-order valence-corrected chi connectivity index (χ4v) is 1.39. The Kier molecular flexibility index (Phi) is 5.29. The Bertz CT molecular complexity index is 254. The molecule has 0 heterocycles. The lowest BCUT2D eigenvalue weighted by atomic mass is 9.82. The first-order valence-corrected chi connectivity index (χ1v) is 4.90. The van der Waals surface area contributed by atoms with Crippen LogP contribution in [0.2, 0.25) is 0 Å². The van der Waals surface area contributed by atoms with Crippen molar-refractivity contribution in [2.24, 2.45) is 5.41 Å². The smallest absolute Gasteiger partial charge is 0.335 e. The summed E-state index contributed by atoms with van der Waals surface area (Å²) in [5, 5.41) is 9.75. The van der Waals surface area contributed by atoms with Crippen LogP contribution in [0.1, 0.15) is 26.7 Å². The summed E-state index contributed by atoms with van der Waals surface area (Å²) in [7, 11) is 1.27. The molecule has 86 valence electrons. The first-order chi connectivity index (χ1) is 6.84. The van der Waals surface area contributed by atoms with E-state index in [-0.39, 0.29) is 11.0 Å². The zero-order valence-corrected chi connectivity index (χ0v) is 9.75. The standard InChI is InChI=1S/C12H20O3/c1-6-7-12(3,4)8-10(13)9(2)11(14)15-5/h6,10,13H,1-2,7-8H2,3-5H3. The Balaban J connectivity index is 4.35. The molecule has 0 rings (SSSR count). The second-order valence-electron chi connectivity index (χ2n) is 4.39. The minimum atomic E-state index is -0.854. The van der Waals surface area contributed by atoms with Crippen LogP contribution in [0.15, 0.2) is 24.8 Å². The first kappa shape index (κ1) is 13.9. The van der Waals surface area contributed by atoms with Crippen molar-refractivity contribution in [1.82, 2.24) is 0 Å². The SMILES string of the molecule is C=CCC(C)(C)CC(O)C(=C)C(=O)OC. The van der Waals surface area contributed by atoms with Crippen molar-refractivity contribution >= 4 is 5.97 Å². The van der Waals surface area contributed by atoms with Crippen LogP contribution >= 0.6 is 0 Å². The molecule has 1 atom stereocenters. The highest BCUT2D eigenvalue weighted by molar-refractivity contribution is 5.88. The van der Waals surface area contributed by atoms with Gasteiger partial charge >= 0.3 is 5.97 Å². The maximum Gasteiger partial charge on any atom is 0.335 e. The summed E-state index contributed by atoms with van der Waals surface area (Å²) in [6.45, 7) is 11.2. The summed E-state index contributed by atoms with van der Waals surface area (Å²) in [5.41, 5.74) is 0.00707. The topological polar surface area (TPSA) is 46.5 Å². The van der Waals surface area contributed by atoms with E-state index >= 15 is 0 Å². The summed E-state index contributed by atoms with van der Waals surface area (Å²) in [4.78, 5) is 11.1. The molecule has 0 aliphatic carbocycles. The van der Waals surface area contributed by atoms with Crippen molar-refractivity contribution < 1.29 is 14.6 Å². The number of methoxy groups -OCH3 is 1. The first-order valence-electron chi connectivity index (χ1n) is 4.90. The summed E-state index contributed by atoms with van der Waals surface area (Å²) >= 11 is 0. The third-order valence-corrected chi connectivity index (χ3v) is 2.29. The predicted octanol–water partition coefficient (Wildman–Crippen LogP) is 2.07. The van der Waals surface area contributed by atoms with Crippen LogP contribution in [0, 0.1) is 5.41 Å². The molecule has 0 bridgehead atoms. The summed E-state index contributed by atoms with van der Waals surface area (Å²) in [5.74, 6) is -0.558. The lowest BCUT2D eigenvalue weighted by molar-refractivity contribution is -0.137. The monoisotopic (exact) mass is 212 g/mol. The molecule has 1 N–H and O–H groups in total. The number of aliphatic hydroxyl groups excluding tert-OH is 1. The van der Waals surface area contributed by atoms with Crippen molar-refractivity contribution in [1.29, 1.82) is 0 Å². The molecule has 0 aromatic rings. The third kappa shape index (κ3) is 4.79. The molecule has 15 heavy (non-hydrogen) atoms. The molecule has 0 aliphatic heterocycles. The Morgan fingerprint density at radius 2 is 2.13 bits per heavy atom. The molecule has 0 fully saturated rings. The number of ether oxygens (including phenoxy) is 1. The second-order valence-corrected chi connectivity index (χ2v) is 4.39. The van der Waals surface area contributed by atoms with Gasteiger partial charge in [0.1, 0.15) is 0 Å². The molecule has 1 unspecified atom stereocenters. The molecule has 0 saturated heterocycles. The van der Waals surface area contributed by atoms with Gasteiger partial charge in [-0.3, -0.25) is 0 Å². The van der Waals surface area contributed by atoms with Gasteiger partial charge in [-0.25, -0.2) is 4.79 Å². The Morgan fingerprint density at radius 3 is 2.53 bits per heavy atom. The molecule has 0 saturated carbocycles. The van der Waals surface area contributed by atoms with Gasteiger partial charge in [0.25, 0.3) is 0 Å². The van der Waals surface area contributed by atoms with E-state index in [1.165, 1.54) is 7.11 Å². The Labute approximate surface area is 91.4 Å². The minimum absolute atomic E-state index is 0.0991. The number of allylic oxidation sites excluding steroid dienone is 1. The van der Waals surface area contributed by atoms with Crippen LogP contribution in [0.5, 0.6) is 0 Å². The van der Waals surface area contributed by atoms with E-state index in [9.17, 15) is 9.90 Å². The maximum atomic E-state index is 11.1. The van der Waals surface area contributed by atoms with Crippen molar-refractivity contribution in [2.75, 3.05) is 7.11 Å². The fourth-order valence-electron chi connectivity index (χ4n) is 1.39. The highest BCUT2D eigenvalue weighted by Crippen LogP contribution is 2.28. The number of rotatable bonds is 6. The van der Waals surface area contributed by atoms with Gasteiger partial charge in [0, 0.05) is 0 Å². The normalized spacial score (nSPS) is 13.1. The van der Waals surface area contributed by atoms with Gasteiger partial charge in [-0.2, -0.15) is 0 Å². The minimum Gasteiger partial charge on any atom is -0.466 e. The number of hydrogen-bond acceptors (Lipinski definition) is 3. The van der Waals surface area contributed by atoms with Crippen molar-refractivity contribution in [2.45, 2.75) is 32.8 Å². The van der Waals surface area contributed by atoms with Crippen LogP contribution in [-0.4, -0.2) is 24.3 Å². The highest BCUT2D eigenvalue weighted by Gasteiger charge is 2.25. The average Bonchev–Trinajstić information content (AvgIpc) is 2.14. The van der Waals surface area contributed by atoms with Gasteiger partial charge in [-0.05, 0) is 18.3 Å². The van der Waals surface area contributed by atoms with Crippen LogP contribution < -0.4 is 0 Å². The molecular weight excluding hydrogens is 192 g/mol. The lowest BCUT2D eigenvalue weighted by Crippen LogP contribution is -2.25. The molecular formula is C12H20O3. The van der Waals surface area contributed by atoms with E-state index < -0.39 is 12.1 Å². The van der Waals surface area contributed by atoms with Gasteiger partial charge in [-0.1, -0.05) is 26.5 Å². The summed E-state index contributed by atoms with van der Waals surface area (Å²) in [6.07, 6.45) is 2.19. The molecule has 3 nitrogen and oxygen atoms in total. The number of aliphatic hydroxyl groups is 1. The van der Waals surface area contributed by atoms with Crippen LogP contribution in [0.3, 0.4) is 0 Å². The van der Waals surface area contributed by atoms with E-state index in [0.717, 1.165) is 6.42 Å². The van der Waals surface area contributed by atoms with Crippen LogP contribution in [0.25, 0.3) is 0 Å². The van der Waals surface area contributed by atoms with Gasteiger partial charge in [0.05, 0.1) is 18.8 Å². The maximum absolute atomic E-state index is 11.1.